The van der Waals surface area contributed by atoms with E-state index in [1.807, 2.05) is 56.3 Å². The van der Waals surface area contributed by atoms with Crippen LogP contribution in [0, 0.1) is 6.92 Å². The zero-order valence-electron chi connectivity index (χ0n) is 16.4. The van der Waals surface area contributed by atoms with Crippen molar-refractivity contribution in [3.8, 4) is 5.75 Å². The van der Waals surface area contributed by atoms with Crippen molar-refractivity contribution in [1.29, 1.82) is 0 Å². The van der Waals surface area contributed by atoms with Crippen molar-refractivity contribution in [3.63, 3.8) is 0 Å². The minimum Gasteiger partial charge on any atom is -0.494 e. The zero-order chi connectivity index (χ0) is 20.2. The number of oxazole rings is 1. The van der Waals surface area contributed by atoms with E-state index in [0.29, 0.717) is 24.5 Å². The Hall–Kier alpha value is -3.60. The van der Waals surface area contributed by atoms with E-state index in [9.17, 15) is 4.79 Å². The number of aromatic nitrogens is 1. The summed E-state index contributed by atoms with van der Waals surface area (Å²) in [6.45, 7) is 4.56. The van der Waals surface area contributed by atoms with Gasteiger partial charge in [0.15, 0.2) is 11.5 Å². The van der Waals surface area contributed by atoms with Crippen molar-refractivity contribution in [2.75, 3.05) is 11.9 Å². The molecule has 0 saturated carbocycles. The van der Waals surface area contributed by atoms with Crippen LogP contribution < -0.4 is 10.1 Å². The van der Waals surface area contributed by atoms with Gasteiger partial charge < -0.3 is 14.5 Å². The molecule has 0 spiro atoms. The number of carbonyl (C=O) groups excluding carboxylic acids is 1. The lowest BCUT2D eigenvalue weighted by Gasteiger charge is -2.07. The van der Waals surface area contributed by atoms with Crippen molar-refractivity contribution in [3.05, 3.63) is 89.3 Å². The molecule has 29 heavy (non-hydrogen) atoms. The van der Waals surface area contributed by atoms with Crippen LogP contribution >= 0.6 is 0 Å². The number of amides is 1. The Bertz CT molecular complexity index is 1130. The summed E-state index contributed by atoms with van der Waals surface area (Å²) in [6, 6.07) is 20.8. The fourth-order valence-electron chi connectivity index (χ4n) is 3.11. The summed E-state index contributed by atoms with van der Waals surface area (Å²) in [5.74, 6) is 1.27. The monoisotopic (exact) mass is 386 g/mol. The molecule has 1 aromatic heterocycles. The van der Waals surface area contributed by atoms with Crippen molar-refractivity contribution in [2.45, 2.75) is 20.3 Å². The summed E-state index contributed by atoms with van der Waals surface area (Å²) >= 11 is 0. The van der Waals surface area contributed by atoms with Crippen LogP contribution in [0.4, 0.5) is 5.69 Å². The molecule has 1 N–H and O–H groups in total. The summed E-state index contributed by atoms with van der Waals surface area (Å²) in [5.41, 5.74) is 5.21. The normalized spacial score (nSPS) is 10.8. The number of hydrogen-bond donors (Lipinski definition) is 1. The lowest BCUT2D eigenvalue weighted by atomic mass is 10.1. The van der Waals surface area contributed by atoms with Gasteiger partial charge in [-0.05, 0) is 73.5 Å². The van der Waals surface area contributed by atoms with E-state index < -0.39 is 0 Å². The highest BCUT2D eigenvalue weighted by molar-refractivity contribution is 6.04. The minimum atomic E-state index is -0.157. The Labute approximate surface area is 169 Å². The van der Waals surface area contributed by atoms with Gasteiger partial charge in [-0.1, -0.05) is 18.2 Å². The van der Waals surface area contributed by atoms with Crippen molar-refractivity contribution in [1.82, 2.24) is 4.98 Å². The van der Waals surface area contributed by atoms with E-state index in [4.69, 9.17) is 9.15 Å². The maximum absolute atomic E-state index is 12.4. The highest BCUT2D eigenvalue weighted by Gasteiger charge is 2.09. The smallest absolute Gasteiger partial charge is 0.255 e. The van der Waals surface area contributed by atoms with E-state index in [2.05, 4.69) is 10.3 Å². The van der Waals surface area contributed by atoms with Gasteiger partial charge in [-0.2, -0.15) is 0 Å². The van der Waals surface area contributed by atoms with E-state index in [1.165, 1.54) is 0 Å². The molecular weight excluding hydrogens is 364 g/mol. The number of rotatable bonds is 6. The predicted octanol–water partition coefficient (Wildman–Crippen LogP) is 5.38. The highest BCUT2D eigenvalue weighted by atomic mass is 16.5. The molecule has 1 heterocycles. The molecule has 0 aliphatic carbocycles. The number of fused-ring (bicyclic) bond motifs is 1. The Morgan fingerprint density at radius 3 is 2.52 bits per heavy atom. The van der Waals surface area contributed by atoms with Crippen molar-refractivity contribution < 1.29 is 13.9 Å². The summed E-state index contributed by atoms with van der Waals surface area (Å²) in [5, 5.41) is 2.91. The molecule has 0 fully saturated rings. The van der Waals surface area contributed by atoms with Gasteiger partial charge in [-0.25, -0.2) is 4.98 Å². The second kappa shape index (κ2) is 8.19. The fraction of sp³-hybridized carbons (Fsp3) is 0.167. The third-order valence-corrected chi connectivity index (χ3v) is 4.58. The zero-order valence-corrected chi connectivity index (χ0v) is 16.4. The van der Waals surface area contributed by atoms with Crippen LogP contribution in [0.25, 0.3) is 11.1 Å². The maximum atomic E-state index is 12.4. The maximum Gasteiger partial charge on any atom is 0.255 e. The number of carbonyl (C=O) groups is 1. The third kappa shape index (κ3) is 4.46. The summed E-state index contributed by atoms with van der Waals surface area (Å²) in [6.07, 6.45) is 0.598. The molecule has 0 atom stereocenters. The van der Waals surface area contributed by atoms with Gasteiger partial charge in [0.25, 0.3) is 5.91 Å². The molecular formula is C24H22N2O3. The van der Waals surface area contributed by atoms with Crippen LogP contribution in [0.5, 0.6) is 5.75 Å². The van der Waals surface area contributed by atoms with E-state index in [-0.39, 0.29) is 5.91 Å². The van der Waals surface area contributed by atoms with E-state index in [0.717, 1.165) is 33.7 Å². The average Bonchev–Trinajstić information content (AvgIpc) is 3.11. The Balaban J connectivity index is 1.41. The van der Waals surface area contributed by atoms with Crippen molar-refractivity contribution in [2.24, 2.45) is 0 Å². The van der Waals surface area contributed by atoms with Crippen LogP contribution in [0.15, 0.2) is 71.1 Å². The summed E-state index contributed by atoms with van der Waals surface area (Å²) in [4.78, 5) is 17.0. The minimum absolute atomic E-state index is 0.157. The standard InChI is InChI=1S/C24H22N2O3/c1-3-28-20-11-7-18(8-12-20)24(27)25-19-9-5-17(6-10-19)15-23-26-21-14-16(2)4-13-22(21)29-23/h4-14H,3,15H2,1-2H3,(H,25,27). The molecule has 3 aromatic carbocycles. The number of benzene rings is 3. The molecule has 0 aliphatic rings. The topological polar surface area (TPSA) is 64.4 Å². The molecule has 4 aromatic rings. The molecule has 0 saturated heterocycles. The summed E-state index contributed by atoms with van der Waals surface area (Å²) < 4.78 is 11.2. The lowest BCUT2D eigenvalue weighted by Crippen LogP contribution is -2.11. The highest BCUT2D eigenvalue weighted by Crippen LogP contribution is 2.20. The lowest BCUT2D eigenvalue weighted by molar-refractivity contribution is 0.102. The van der Waals surface area contributed by atoms with Gasteiger partial charge in [0.05, 0.1) is 6.61 Å². The molecule has 5 nitrogen and oxygen atoms in total. The second-order valence-corrected chi connectivity index (χ2v) is 6.86. The van der Waals surface area contributed by atoms with Crippen LogP contribution in [0.1, 0.15) is 34.3 Å². The molecule has 0 unspecified atom stereocenters. The molecule has 5 heteroatoms. The number of nitrogens with zero attached hydrogens (tertiary/aromatic N) is 1. The first-order valence-corrected chi connectivity index (χ1v) is 9.60. The van der Waals surface area contributed by atoms with E-state index in [1.54, 1.807) is 24.3 Å². The van der Waals surface area contributed by atoms with Gasteiger partial charge >= 0.3 is 0 Å². The molecule has 1 amide bonds. The van der Waals surface area contributed by atoms with Gasteiger partial charge in [0, 0.05) is 17.7 Å². The Kier molecular flexibility index (Phi) is 5.29. The SMILES string of the molecule is CCOc1ccc(C(=O)Nc2ccc(Cc3nc4cc(C)ccc4o3)cc2)cc1. The van der Waals surface area contributed by atoms with Gasteiger partial charge in [0.2, 0.25) is 0 Å². The number of anilines is 1. The fourth-order valence-corrected chi connectivity index (χ4v) is 3.11. The van der Waals surface area contributed by atoms with Gasteiger partial charge in [0.1, 0.15) is 11.3 Å². The first-order chi connectivity index (χ1) is 14.1. The molecule has 0 aliphatic heterocycles. The molecule has 146 valence electrons. The van der Waals surface area contributed by atoms with Crippen LogP contribution in [-0.2, 0) is 6.42 Å². The average molecular weight is 386 g/mol. The van der Waals surface area contributed by atoms with Gasteiger partial charge in [-0.3, -0.25) is 4.79 Å². The quantitative estimate of drug-likeness (QED) is 0.483. The molecule has 0 bridgehead atoms. The van der Waals surface area contributed by atoms with Crippen LogP contribution in [0.3, 0.4) is 0 Å². The summed E-state index contributed by atoms with van der Waals surface area (Å²) in [7, 11) is 0. The molecule has 4 rings (SSSR count). The number of hydrogen-bond acceptors (Lipinski definition) is 4. The predicted molar refractivity (Wildman–Crippen MR) is 114 cm³/mol. The largest absolute Gasteiger partial charge is 0.494 e. The van der Waals surface area contributed by atoms with Gasteiger partial charge in [-0.15, -0.1) is 0 Å². The second-order valence-electron chi connectivity index (χ2n) is 6.86. The Morgan fingerprint density at radius 1 is 1.03 bits per heavy atom. The number of aryl methyl sites for hydroxylation is 1. The van der Waals surface area contributed by atoms with Crippen molar-refractivity contribution >= 4 is 22.7 Å². The number of nitrogens with one attached hydrogen (secondary N) is 1. The first-order valence-electron chi connectivity index (χ1n) is 9.60. The van der Waals surface area contributed by atoms with Crippen LogP contribution in [0.2, 0.25) is 0 Å². The first kappa shape index (κ1) is 18.7. The van der Waals surface area contributed by atoms with Crippen LogP contribution in [-0.4, -0.2) is 17.5 Å². The third-order valence-electron chi connectivity index (χ3n) is 4.58. The number of ether oxygens (including phenoxy) is 1. The molecule has 0 radical (unpaired) electrons. The Morgan fingerprint density at radius 2 is 1.79 bits per heavy atom. The van der Waals surface area contributed by atoms with E-state index >= 15 is 0 Å².